The number of nitrogens with zero attached hydrogens (tertiary/aromatic N) is 2. The molecule has 0 amide bonds. The minimum Gasteiger partial charge on any atom is -0.317 e. The molecule has 3 nitrogen and oxygen atoms in total. The fourth-order valence-corrected chi connectivity index (χ4v) is 3.94. The van der Waals surface area contributed by atoms with Crippen LogP contribution in [0, 0.1) is 0 Å². The molecule has 1 heterocycles. The molecule has 2 aliphatic rings. The second-order valence-electron chi connectivity index (χ2n) is 6.53. The zero-order valence-corrected chi connectivity index (χ0v) is 13.2. The largest absolute Gasteiger partial charge is 0.317 e. The normalized spacial score (nSPS) is 30.9. The van der Waals surface area contributed by atoms with Gasteiger partial charge in [-0.2, -0.15) is 0 Å². The molecule has 0 aromatic carbocycles. The van der Waals surface area contributed by atoms with Crippen molar-refractivity contribution in [1.29, 1.82) is 0 Å². The first kappa shape index (κ1) is 15.3. The number of piperidine rings is 1. The van der Waals surface area contributed by atoms with Crippen molar-refractivity contribution in [3.05, 3.63) is 0 Å². The Morgan fingerprint density at radius 3 is 2.11 bits per heavy atom. The Morgan fingerprint density at radius 2 is 1.58 bits per heavy atom. The Balaban J connectivity index is 1.73. The van der Waals surface area contributed by atoms with Gasteiger partial charge in [0.25, 0.3) is 0 Å². The van der Waals surface area contributed by atoms with Crippen molar-refractivity contribution in [2.24, 2.45) is 0 Å². The molecule has 0 aromatic rings. The summed E-state index contributed by atoms with van der Waals surface area (Å²) in [5.41, 5.74) is 0. The number of hydrogen-bond donors (Lipinski definition) is 1. The summed E-state index contributed by atoms with van der Waals surface area (Å²) in [7, 11) is 4.49. The second-order valence-corrected chi connectivity index (χ2v) is 6.53. The molecule has 1 aliphatic heterocycles. The van der Waals surface area contributed by atoms with Gasteiger partial charge in [0.15, 0.2) is 0 Å². The summed E-state index contributed by atoms with van der Waals surface area (Å²) in [6.07, 6.45) is 9.55. The Kier molecular flexibility index (Phi) is 6.11. The molecule has 19 heavy (non-hydrogen) atoms. The fourth-order valence-electron chi connectivity index (χ4n) is 3.94. The van der Waals surface area contributed by atoms with Gasteiger partial charge in [0.05, 0.1) is 0 Å². The predicted molar refractivity (Wildman–Crippen MR) is 82.6 cm³/mol. The van der Waals surface area contributed by atoms with E-state index in [-0.39, 0.29) is 0 Å². The van der Waals surface area contributed by atoms with Crippen LogP contribution in [0.15, 0.2) is 0 Å². The minimum atomic E-state index is 0.774. The highest BCUT2D eigenvalue weighted by molar-refractivity contribution is 4.86. The van der Waals surface area contributed by atoms with Gasteiger partial charge < -0.3 is 15.1 Å². The van der Waals surface area contributed by atoms with E-state index < -0.39 is 0 Å². The first-order valence-electron chi connectivity index (χ1n) is 8.36. The van der Waals surface area contributed by atoms with Crippen molar-refractivity contribution in [2.75, 3.05) is 33.7 Å². The highest BCUT2D eigenvalue weighted by atomic mass is 15.2. The molecule has 1 saturated heterocycles. The third-order valence-electron chi connectivity index (χ3n) is 5.35. The van der Waals surface area contributed by atoms with Gasteiger partial charge in [-0.3, -0.25) is 0 Å². The first-order valence-corrected chi connectivity index (χ1v) is 8.36. The van der Waals surface area contributed by atoms with Crippen LogP contribution in [0.4, 0.5) is 0 Å². The van der Waals surface area contributed by atoms with Crippen LogP contribution in [-0.2, 0) is 0 Å². The van der Waals surface area contributed by atoms with Crippen LogP contribution in [0.2, 0.25) is 0 Å². The van der Waals surface area contributed by atoms with Crippen molar-refractivity contribution >= 4 is 0 Å². The lowest BCUT2D eigenvalue weighted by Crippen LogP contribution is -2.49. The molecule has 0 unspecified atom stereocenters. The molecule has 112 valence electrons. The standard InChI is InChI=1S/C16H33N3/c1-4-11-19-12-9-16(10-13-19)18(3)15-7-5-14(17-2)6-8-15/h14-17H,4-13H2,1-3H3. The van der Waals surface area contributed by atoms with Gasteiger partial charge in [0.2, 0.25) is 0 Å². The molecule has 1 aliphatic carbocycles. The monoisotopic (exact) mass is 267 g/mol. The van der Waals surface area contributed by atoms with Crippen LogP contribution in [0.1, 0.15) is 51.9 Å². The molecular weight excluding hydrogens is 234 g/mol. The van der Waals surface area contributed by atoms with Crippen LogP contribution in [0.25, 0.3) is 0 Å². The second kappa shape index (κ2) is 7.61. The molecule has 0 radical (unpaired) electrons. The minimum absolute atomic E-state index is 0.774. The van der Waals surface area contributed by atoms with Crippen LogP contribution in [0.5, 0.6) is 0 Å². The predicted octanol–water partition coefficient (Wildman–Crippen LogP) is 2.32. The maximum absolute atomic E-state index is 3.44. The summed E-state index contributed by atoms with van der Waals surface area (Å²) in [5.74, 6) is 0. The number of hydrogen-bond acceptors (Lipinski definition) is 3. The van der Waals surface area contributed by atoms with Crippen molar-refractivity contribution in [1.82, 2.24) is 15.1 Å². The number of rotatable bonds is 5. The summed E-state index contributed by atoms with van der Waals surface area (Å²) >= 11 is 0. The summed E-state index contributed by atoms with van der Waals surface area (Å²) in [6.45, 7) is 6.21. The summed E-state index contributed by atoms with van der Waals surface area (Å²) in [4.78, 5) is 5.36. The molecule has 0 atom stereocenters. The molecule has 2 rings (SSSR count). The first-order chi connectivity index (χ1) is 9.24. The van der Waals surface area contributed by atoms with Gasteiger partial charge in [0.1, 0.15) is 0 Å². The van der Waals surface area contributed by atoms with E-state index in [0.717, 1.165) is 18.1 Å². The van der Waals surface area contributed by atoms with E-state index >= 15 is 0 Å². The Bertz CT molecular complexity index is 240. The van der Waals surface area contributed by atoms with Crippen LogP contribution in [0.3, 0.4) is 0 Å². The summed E-state index contributed by atoms with van der Waals surface area (Å²) < 4.78 is 0. The molecule has 0 spiro atoms. The van der Waals surface area contributed by atoms with Crippen molar-refractivity contribution in [3.63, 3.8) is 0 Å². The van der Waals surface area contributed by atoms with Crippen molar-refractivity contribution in [3.8, 4) is 0 Å². The zero-order chi connectivity index (χ0) is 13.7. The molecule has 1 N–H and O–H groups in total. The van der Waals surface area contributed by atoms with Gasteiger partial charge in [-0.15, -0.1) is 0 Å². The van der Waals surface area contributed by atoms with Crippen molar-refractivity contribution in [2.45, 2.75) is 70.0 Å². The molecule has 2 fully saturated rings. The molecule has 0 aromatic heterocycles. The molecule has 1 saturated carbocycles. The number of likely N-dealkylation sites (tertiary alicyclic amines) is 1. The van der Waals surface area contributed by atoms with E-state index in [2.05, 4.69) is 36.1 Å². The highest BCUT2D eigenvalue weighted by Crippen LogP contribution is 2.26. The third kappa shape index (κ3) is 4.17. The van der Waals surface area contributed by atoms with Gasteiger partial charge >= 0.3 is 0 Å². The smallest absolute Gasteiger partial charge is 0.0119 e. The maximum atomic E-state index is 3.44. The van der Waals surface area contributed by atoms with Crippen LogP contribution in [-0.4, -0.2) is 61.7 Å². The van der Waals surface area contributed by atoms with E-state index in [4.69, 9.17) is 0 Å². The lowest BCUT2D eigenvalue weighted by Gasteiger charge is -2.42. The lowest BCUT2D eigenvalue weighted by molar-refractivity contribution is 0.0759. The number of nitrogens with one attached hydrogen (secondary N) is 1. The SMILES string of the molecule is CCCN1CCC(N(C)C2CCC(NC)CC2)CC1. The van der Waals surface area contributed by atoms with Gasteiger partial charge in [-0.05, 0) is 78.7 Å². The van der Waals surface area contributed by atoms with E-state index in [9.17, 15) is 0 Å². The molecule has 3 heteroatoms. The Hall–Kier alpha value is -0.120. The van der Waals surface area contributed by atoms with Gasteiger partial charge in [-0.25, -0.2) is 0 Å². The summed E-state index contributed by atoms with van der Waals surface area (Å²) in [5, 5.41) is 3.44. The van der Waals surface area contributed by atoms with Crippen molar-refractivity contribution < 1.29 is 0 Å². The lowest BCUT2D eigenvalue weighted by atomic mass is 9.89. The highest BCUT2D eigenvalue weighted by Gasteiger charge is 2.29. The molecular formula is C16H33N3. The Labute approximate surface area is 119 Å². The average Bonchev–Trinajstić information content (AvgIpc) is 2.48. The van der Waals surface area contributed by atoms with E-state index in [1.165, 1.54) is 64.6 Å². The van der Waals surface area contributed by atoms with E-state index in [0.29, 0.717) is 0 Å². The van der Waals surface area contributed by atoms with Crippen LogP contribution >= 0.6 is 0 Å². The third-order valence-corrected chi connectivity index (χ3v) is 5.35. The van der Waals surface area contributed by atoms with E-state index in [1.807, 2.05) is 0 Å². The summed E-state index contributed by atoms with van der Waals surface area (Å²) in [6, 6.07) is 2.45. The van der Waals surface area contributed by atoms with E-state index in [1.54, 1.807) is 0 Å². The quantitative estimate of drug-likeness (QED) is 0.825. The topological polar surface area (TPSA) is 18.5 Å². The fraction of sp³-hybridized carbons (Fsp3) is 1.00. The van der Waals surface area contributed by atoms with Gasteiger partial charge in [-0.1, -0.05) is 6.92 Å². The van der Waals surface area contributed by atoms with Crippen LogP contribution < -0.4 is 5.32 Å². The maximum Gasteiger partial charge on any atom is 0.0119 e. The Morgan fingerprint density at radius 1 is 1.00 bits per heavy atom. The zero-order valence-electron chi connectivity index (χ0n) is 13.2. The average molecular weight is 267 g/mol. The van der Waals surface area contributed by atoms with Gasteiger partial charge in [0, 0.05) is 18.1 Å². The molecule has 0 bridgehead atoms.